The lowest BCUT2D eigenvalue weighted by atomic mass is 9.89. The van der Waals surface area contributed by atoms with Gasteiger partial charge in [-0.15, -0.1) is 0 Å². The third kappa shape index (κ3) is 4.23. The molecule has 1 atom stereocenters. The van der Waals surface area contributed by atoms with Gasteiger partial charge in [0.2, 0.25) is 0 Å². The molecular weight excluding hydrogens is 356 g/mol. The summed E-state index contributed by atoms with van der Waals surface area (Å²) < 4.78 is 32.9. The molecule has 1 saturated heterocycles. The SMILES string of the molecule is CC1(C)CC(=O)C=C(C(=O)N2CCCC(C(=O)c3cc(F)ccc3F)C2)O1. The van der Waals surface area contributed by atoms with Gasteiger partial charge in [0.15, 0.2) is 17.3 Å². The maximum absolute atomic E-state index is 13.9. The number of amides is 1. The highest BCUT2D eigenvalue weighted by Gasteiger charge is 2.36. The number of benzene rings is 1. The fourth-order valence-electron chi connectivity index (χ4n) is 3.52. The standard InChI is InChI=1S/C20H21F2NO4/c1-20(2)10-14(24)9-17(27-20)19(26)23-7-3-4-12(11-23)18(25)15-8-13(21)5-6-16(15)22/h5-6,8-9,12H,3-4,7,10-11H2,1-2H3. The lowest BCUT2D eigenvalue weighted by molar-refractivity contribution is -0.139. The number of likely N-dealkylation sites (tertiary alicyclic amines) is 1. The van der Waals surface area contributed by atoms with Crippen LogP contribution in [0.5, 0.6) is 0 Å². The van der Waals surface area contributed by atoms with E-state index in [0.717, 1.165) is 18.2 Å². The quantitative estimate of drug-likeness (QED) is 0.760. The molecule has 1 fully saturated rings. The first-order chi connectivity index (χ1) is 12.7. The molecule has 0 radical (unpaired) electrons. The molecule has 0 spiro atoms. The van der Waals surface area contributed by atoms with E-state index in [1.54, 1.807) is 13.8 Å². The molecule has 3 rings (SSSR count). The predicted molar refractivity (Wildman–Crippen MR) is 92.9 cm³/mol. The molecule has 5 nitrogen and oxygen atoms in total. The first kappa shape index (κ1) is 19.2. The van der Waals surface area contributed by atoms with Crippen molar-refractivity contribution in [3.05, 3.63) is 47.2 Å². The molecule has 7 heteroatoms. The minimum absolute atomic E-state index is 0.0405. The van der Waals surface area contributed by atoms with Gasteiger partial charge in [0.05, 0.1) is 5.56 Å². The minimum atomic E-state index is -0.782. The van der Waals surface area contributed by atoms with Gasteiger partial charge >= 0.3 is 0 Å². The Morgan fingerprint density at radius 2 is 2.00 bits per heavy atom. The highest BCUT2D eigenvalue weighted by atomic mass is 19.1. The van der Waals surface area contributed by atoms with Crippen LogP contribution in [0.15, 0.2) is 30.0 Å². The fourth-order valence-corrected chi connectivity index (χ4v) is 3.52. The van der Waals surface area contributed by atoms with Gasteiger partial charge < -0.3 is 9.64 Å². The van der Waals surface area contributed by atoms with Crippen LogP contribution >= 0.6 is 0 Å². The molecule has 27 heavy (non-hydrogen) atoms. The second kappa shape index (κ2) is 7.21. The number of piperidine rings is 1. The zero-order chi connectivity index (χ0) is 19.8. The van der Waals surface area contributed by atoms with Crippen LogP contribution in [0.25, 0.3) is 0 Å². The summed E-state index contributed by atoms with van der Waals surface area (Å²) in [4.78, 5) is 38.7. The van der Waals surface area contributed by atoms with Crippen molar-refractivity contribution in [2.45, 2.75) is 38.7 Å². The van der Waals surface area contributed by atoms with E-state index >= 15 is 0 Å². The second-order valence-corrected chi connectivity index (χ2v) is 7.59. The zero-order valence-corrected chi connectivity index (χ0v) is 15.3. The van der Waals surface area contributed by atoms with Crippen molar-refractivity contribution in [2.24, 2.45) is 5.92 Å². The summed E-state index contributed by atoms with van der Waals surface area (Å²) in [6.07, 6.45) is 2.39. The summed E-state index contributed by atoms with van der Waals surface area (Å²) in [7, 11) is 0. The summed E-state index contributed by atoms with van der Waals surface area (Å²) >= 11 is 0. The monoisotopic (exact) mass is 377 g/mol. The van der Waals surface area contributed by atoms with Crippen molar-refractivity contribution in [1.29, 1.82) is 0 Å². The Balaban J connectivity index is 1.76. The zero-order valence-electron chi connectivity index (χ0n) is 15.3. The van der Waals surface area contributed by atoms with Gasteiger partial charge in [0.1, 0.15) is 17.2 Å². The number of halogens is 2. The lowest BCUT2D eigenvalue weighted by Gasteiger charge is -2.35. The van der Waals surface area contributed by atoms with Crippen molar-refractivity contribution in [3.63, 3.8) is 0 Å². The number of ketones is 2. The summed E-state index contributed by atoms with van der Waals surface area (Å²) in [6.45, 7) is 3.92. The maximum atomic E-state index is 13.9. The van der Waals surface area contributed by atoms with Gasteiger partial charge in [0.25, 0.3) is 5.91 Å². The topological polar surface area (TPSA) is 63.7 Å². The van der Waals surface area contributed by atoms with Crippen molar-refractivity contribution in [1.82, 2.24) is 4.90 Å². The summed E-state index contributed by atoms with van der Waals surface area (Å²) in [5.41, 5.74) is -1.08. The number of allylic oxidation sites excluding steroid dienone is 1. The Bertz CT molecular complexity index is 831. The van der Waals surface area contributed by atoms with E-state index in [9.17, 15) is 23.2 Å². The number of carbonyl (C=O) groups is 3. The summed E-state index contributed by atoms with van der Waals surface area (Å²) in [5, 5.41) is 0. The van der Waals surface area contributed by atoms with E-state index < -0.39 is 34.8 Å². The molecule has 1 amide bonds. The van der Waals surface area contributed by atoms with Crippen molar-refractivity contribution in [3.8, 4) is 0 Å². The molecule has 0 bridgehead atoms. The number of hydrogen-bond donors (Lipinski definition) is 0. The molecule has 1 unspecified atom stereocenters. The predicted octanol–water partition coefficient (Wildman–Crippen LogP) is 3.04. The van der Waals surface area contributed by atoms with Gasteiger partial charge in [-0.2, -0.15) is 0 Å². The van der Waals surface area contributed by atoms with Crippen molar-refractivity contribution >= 4 is 17.5 Å². The van der Waals surface area contributed by atoms with Gasteiger partial charge in [-0.3, -0.25) is 14.4 Å². The van der Waals surface area contributed by atoms with E-state index in [1.807, 2.05) is 0 Å². The first-order valence-corrected chi connectivity index (χ1v) is 8.88. The van der Waals surface area contributed by atoms with Crippen LogP contribution in [-0.2, 0) is 14.3 Å². The summed E-state index contributed by atoms with van der Waals surface area (Å²) in [5.74, 6) is -3.33. The second-order valence-electron chi connectivity index (χ2n) is 7.59. The smallest absolute Gasteiger partial charge is 0.289 e. The van der Waals surface area contributed by atoms with Crippen molar-refractivity contribution < 1.29 is 27.9 Å². The van der Waals surface area contributed by atoms with Crippen LogP contribution < -0.4 is 0 Å². The van der Waals surface area contributed by atoms with E-state index in [-0.39, 0.29) is 30.1 Å². The lowest BCUT2D eigenvalue weighted by Crippen LogP contribution is -2.45. The molecule has 2 aliphatic rings. The Kier molecular flexibility index (Phi) is 5.13. The molecule has 0 N–H and O–H groups in total. The normalized spacial score (nSPS) is 22.1. The Morgan fingerprint density at radius 1 is 1.26 bits per heavy atom. The van der Waals surface area contributed by atoms with Crippen LogP contribution in [0, 0.1) is 17.6 Å². The number of nitrogens with zero attached hydrogens (tertiary/aromatic N) is 1. The van der Waals surface area contributed by atoms with Crippen LogP contribution in [0.3, 0.4) is 0 Å². The van der Waals surface area contributed by atoms with E-state index in [4.69, 9.17) is 4.74 Å². The number of ether oxygens (including phenoxy) is 1. The molecule has 0 aromatic heterocycles. The molecule has 0 saturated carbocycles. The Hall–Kier alpha value is -2.57. The first-order valence-electron chi connectivity index (χ1n) is 8.88. The number of Topliss-reactive ketones (excluding diaryl/α,β-unsaturated/α-hetero) is 1. The van der Waals surface area contributed by atoms with Gasteiger partial charge in [-0.25, -0.2) is 8.78 Å². The third-order valence-corrected chi connectivity index (χ3v) is 4.76. The van der Waals surface area contributed by atoms with E-state index in [1.165, 1.54) is 11.0 Å². The maximum Gasteiger partial charge on any atom is 0.289 e. The molecule has 2 heterocycles. The Labute approximate surface area is 156 Å². The highest BCUT2D eigenvalue weighted by molar-refractivity contribution is 6.02. The van der Waals surface area contributed by atoms with Gasteiger partial charge in [-0.1, -0.05) is 0 Å². The summed E-state index contributed by atoms with van der Waals surface area (Å²) in [6, 6.07) is 2.75. The molecular formula is C20H21F2NO4. The molecule has 2 aliphatic heterocycles. The van der Waals surface area contributed by atoms with Crippen LogP contribution in [0.4, 0.5) is 8.78 Å². The van der Waals surface area contributed by atoms with Crippen LogP contribution in [0.1, 0.15) is 43.5 Å². The van der Waals surface area contributed by atoms with E-state index in [2.05, 4.69) is 0 Å². The molecule has 144 valence electrons. The minimum Gasteiger partial charge on any atom is -0.481 e. The van der Waals surface area contributed by atoms with E-state index in [0.29, 0.717) is 19.4 Å². The average Bonchev–Trinajstić information content (AvgIpc) is 2.61. The molecule has 0 aliphatic carbocycles. The number of hydrogen-bond acceptors (Lipinski definition) is 4. The number of carbonyl (C=O) groups excluding carboxylic acids is 3. The molecule has 1 aromatic carbocycles. The van der Waals surface area contributed by atoms with Crippen LogP contribution in [0.2, 0.25) is 0 Å². The Morgan fingerprint density at radius 3 is 2.70 bits per heavy atom. The largest absolute Gasteiger partial charge is 0.481 e. The van der Waals surface area contributed by atoms with Crippen molar-refractivity contribution in [2.75, 3.05) is 13.1 Å². The van der Waals surface area contributed by atoms with Gasteiger partial charge in [-0.05, 0) is 44.9 Å². The highest BCUT2D eigenvalue weighted by Crippen LogP contribution is 2.28. The van der Waals surface area contributed by atoms with Crippen LogP contribution in [-0.4, -0.2) is 41.1 Å². The molecule has 1 aromatic rings. The number of rotatable bonds is 3. The third-order valence-electron chi connectivity index (χ3n) is 4.76. The fraction of sp³-hybridized carbons (Fsp3) is 0.450. The van der Waals surface area contributed by atoms with Gasteiger partial charge in [0, 0.05) is 31.5 Å². The average molecular weight is 377 g/mol.